The first-order valence-electron chi connectivity index (χ1n) is 17.9. The topological polar surface area (TPSA) is 27.7 Å². The van der Waals surface area contributed by atoms with E-state index >= 15 is 0 Å². The van der Waals surface area contributed by atoms with Crippen LogP contribution in [0.1, 0.15) is 77.8 Å². The second-order valence-electron chi connectivity index (χ2n) is 13.1. The predicted octanol–water partition coefficient (Wildman–Crippen LogP) is 11.5. The van der Waals surface area contributed by atoms with Crippen molar-refractivity contribution < 1.29 is 14.2 Å². The van der Waals surface area contributed by atoms with Gasteiger partial charge in [-0.2, -0.15) is 0 Å². The van der Waals surface area contributed by atoms with E-state index < -0.39 is 5.41 Å². The Balaban J connectivity index is 1.21. The molecule has 0 aromatic heterocycles. The maximum Gasteiger partial charge on any atom is 0.119 e. The van der Waals surface area contributed by atoms with Crippen molar-refractivity contribution in [2.24, 2.45) is 0 Å². The van der Waals surface area contributed by atoms with Gasteiger partial charge in [-0.05, 0) is 113 Å². The highest BCUT2D eigenvalue weighted by atomic mass is 16.5. The highest BCUT2D eigenvalue weighted by Crippen LogP contribution is 2.40. The van der Waals surface area contributed by atoms with E-state index in [1.807, 2.05) is 0 Å². The van der Waals surface area contributed by atoms with E-state index in [1.165, 1.54) is 33.4 Å². The van der Waals surface area contributed by atoms with Crippen LogP contribution in [0, 0.1) is 0 Å². The molecule has 0 aliphatic rings. The molecule has 3 nitrogen and oxygen atoms in total. The molecule has 0 fully saturated rings. The summed E-state index contributed by atoms with van der Waals surface area (Å²) in [5, 5.41) is 0. The zero-order chi connectivity index (χ0) is 34.8. The Morgan fingerprint density at radius 3 is 0.760 bits per heavy atom. The molecule has 0 aliphatic heterocycles. The van der Waals surface area contributed by atoms with Gasteiger partial charge in [0.25, 0.3) is 0 Å². The monoisotopic (exact) mass is 660 g/mol. The highest BCUT2D eigenvalue weighted by molar-refractivity contribution is 5.52. The number of ether oxygens (including phenoxy) is 3. The number of rotatable bonds is 15. The van der Waals surface area contributed by atoms with Crippen LogP contribution < -0.4 is 14.2 Å². The van der Waals surface area contributed by atoms with Gasteiger partial charge in [0.2, 0.25) is 0 Å². The zero-order valence-electron chi connectivity index (χ0n) is 29.8. The van der Waals surface area contributed by atoms with Gasteiger partial charge < -0.3 is 14.2 Å². The molecular formula is C47H48O3. The van der Waals surface area contributed by atoms with Crippen molar-refractivity contribution in [3.63, 3.8) is 0 Å². The minimum absolute atomic E-state index is 0.433. The van der Waals surface area contributed by atoms with Crippen LogP contribution in [0.2, 0.25) is 0 Å². The Labute approximate surface area is 298 Å². The number of benzene rings is 6. The third-order valence-corrected chi connectivity index (χ3v) is 9.81. The first kappa shape index (κ1) is 34.6. The lowest BCUT2D eigenvalue weighted by molar-refractivity contribution is 0.306. The summed E-state index contributed by atoms with van der Waals surface area (Å²) in [5.74, 6) is 2.55. The van der Waals surface area contributed by atoms with Gasteiger partial charge in [0.1, 0.15) is 37.1 Å². The molecule has 6 aromatic carbocycles. The molecule has 0 amide bonds. The fourth-order valence-electron chi connectivity index (χ4n) is 6.27. The molecule has 3 heteroatoms. The minimum atomic E-state index is -0.433. The van der Waals surface area contributed by atoms with Gasteiger partial charge in [-0.1, -0.05) is 130 Å². The van der Waals surface area contributed by atoms with Gasteiger partial charge in [-0.3, -0.25) is 0 Å². The Morgan fingerprint density at radius 2 is 0.540 bits per heavy atom. The summed E-state index contributed by atoms with van der Waals surface area (Å²) >= 11 is 0. The van der Waals surface area contributed by atoms with Crippen LogP contribution in [0.4, 0.5) is 0 Å². The Bertz CT molecular complexity index is 1680. The summed E-state index contributed by atoms with van der Waals surface area (Å²) in [6, 6.07) is 51.5. The summed E-state index contributed by atoms with van der Waals surface area (Å²) in [5.41, 5.74) is 10.6. The maximum atomic E-state index is 6.20. The van der Waals surface area contributed by atoms with Crippen LogP contribution in [-0.4, -0.2) is 0 Å². The Hall–Kier alpha value is -5.28. The van der Waals surface area contributed by atoms with Gasteiger partial charge >= 0.3 is 0 Å². The van der Waals surface area contributed by atoms with Crippen LogP contribution >= 0.6 is 0 Å². The molecule has 50 heavy (non-hydrogen) atoms. The summed E-state index contributed by atoms with van der Waals surface area (Å²) in [6.45, 7) is 10.4. The van der Waals surface area contributed by atoms with Crippen molar-refractivity contribution in [1.29, 1.82) is 0 Å². The molecule has 0 saturated heterocycles. The molecule has 0 N–H and O–H groups in total. The van der Waals surface area contributed by atoms with Gasteiger partial charge in [-0.15, -0.1) is 0 Å². The van der Waals surface area contributed by atoms with Crippen molar-refractivity contribution in [2.75, 3.05) is 0 Å². The van der Waals surface area contributed by atoms with E-state index in [4.69, 9.17) is 14.2 Å². The number of hydrogen-bond donors (Lipinski definition) is 0. The normalized spacial score (nSPS) is 11.3. The molecular weight excluding hydrogens is 613 g/mol. The lowest BCUT2D eigenvalue weighted by atomic mass is 9.71. The molecule has 6 aromatic rings. The molecule has 0 unspecified atom stereocenters. The molecule has 0 spiro atoms. The lowest BCUT2D eigenvalue weighted by Gasteiger charge is -2.32. The average Bonchev–Trinajstić information content (AvgIpc) is 3.19. The quantitative estimate of drug-likeness (QED) is 0.103. The molecule has 0 heterocycles. The first-order valence-corrected chi connectivity index (χ1v) is 17.9. The van der Waals surface area contributed by atoms with Gasteiger partial charge in [0.05, 0.1) is 0 Å². The van der Waals surface area contributed by atoms with E-state index in [1.54, 1.807) is 0 Å². The Kier molecular flexibility index (Phi) is 11.4. The molecule has 0 radical (unpaired) electrons. The molecule has 0 bridgehead atoms. The van der Waals surface area contributed by atoms with Crippen LogP contribution in [0.3, 0.4) is 0 Å². The van der Waals surface area contributed by atoms with Crippen LogP contribution in [0.25, 0.3) is 0 Å². The number of hydrogen-bond acceptors (Lipinski definition) is 3. The minimum Gasteiger partial charge on any atom is -0.489 e. The smallest absolute Gasteiger partial charge is 0.119 e. The van der Waals surface area contributed by atoms with E-state index in [2.05, 4.69) is 173 Å². The second-order valence-corrected chi connectivity index (χ2v) is 13.1. The van der Waals surface area contributed by atoms with E-state index in [0.717, 1.165) is 53.2 Å². The van der Waals surface area contributed by atoms with Crippen LogP contribution in [0.15, 0.2) is 146 Å². The van der Waals surface area contributed by atoms with Crippen molar-refractivity contribution in [3.8, 4) is 17.2 Å². The fraction of sp³-hybridized carbons (Fsp3) is 0.234. The zero-order valence-corrected chi connectivity index (χ0v) is 29.8. The summed E-state index contributed by atoms with van der Waals surface area (Å²) in [6.07, 6.45) is 3.11. The average molecular weight is 661 g/mol. The standard InChI is InChI=1S/C47H48O3/c1-5-35-8-14-38(15-9-35)32-48-44-26-20-41(21-27-44)47(4,42-22-28-45(29-23-42)49-33-39-16-10-36(6-2)11-17-39)43-24-30-46(31-25-43)50-34-40-18-12-37(7-3)13-19-40/h8-31H,5-7,32-34H2,1-4H3. The summed E-state index contributed by atoms with van der Waals surface area (Å²) < 4.78 is 18.6. The largest absolute Gasteiger partial charge is 0.489 e. The predicted molar refractivity (Wildman–Crippen MR) is 205 cm³/mol. The van der Waals surface area contributed by atoms with Crippen LogP contribution in [-0.2, 0) is 44.5 Å². The maximum absolute atomic E-state index is 6.20. The molecule has 6 rings (SSSR count). The third kappa shape index (κ3) is 8.47. The molecule has 0 saturated carbocycles. The molecule has 0 aliphatic carbocycles. The highest BCUT2D eigenvalue weighted by Gasteiger charge is 2.31. The van der Waals surface area contributed by atoms with Crippen molar-refractivity contribution in [3.05, 3.63) is 196 Å². The van der Waals surface area contributed by atoms with Crippen LogP contribution in [0.5, 0.6) is 17.2 Å². The van der Waals surface area contributed by atoms with Gasteiger partial charge in [-0.25, -0.2) is 0 Å². The molecule has 0 atom stereocenters. The lowest BCUT2D eigenvalue weighted by Crippen LogP contribution is -2.25. The van der Waals surface area contributed by atoms with Crippen molar-refractivity contribution >= 4 is 0 Å². The summed E-state index contributed by atoms with van der Waals surface area (Å²) in [7, 11) is 0. The van der Waals surface area contributed by atoms with Crippen molar-refractivity contribution in [1.82, 2.24) is 0 Å². The Morgan fingerprint density at radius 1 is 0.320 bits per heavy atom. The van der Waals surface area contributed by atoms with Crippen molar-refractivity contribution in [2.45, 2.75) is 72.2 Å². The second kappa shape index (κ2) is 16.4. The van der Waals surface area contributed by atoms with E-state index in [0.29, 0.717) is 19.8 Å². The summed E-state index contributed by atoms with van der Waals surface area (Å²) in [4.78, 5) is 0. The van der Waals surface area contributed by atoms with E-state index in [-0.39, 0.29) is 0 Å². The fourth-order valence-corrected chi connectivity index (χ4v) is 6.27. The van der Waals surface area contributed by atoms with E-state index in [9.17, 15) is 0 Å². The molecule has 254 valence electrons. The van der Waals surface area contributed by atoms with Gasteiger partial charge in [0.15, 0.2) is 0 Å². The van der Waals surface area contributed by atoms with Gasteiger partial charge in [0, 0.05) is 5.41 Å². The first-order chi connectivity index (χ1) is 24.5. The SMILES string of the molecule is CCc1ccc(COc2ccc(C(C)(c3ccc(OCc4ccc(CC)cc4)cc3)c3ccc(OCc4ccc(CC)cc4)cc3)cc2)cc1. The number of aryl methyl sites for hydroxylation is 3. The third-order valence-electron chi connectivity index (χ3n) is 9.81.